The third kappa shape index (κ3) is 4.33. The first-order valence-electron chi connectivity index (χ1n) is 10.4. The second kappa shape index (κ2) is 9.19. The molecule has 0 saturated carbocycles. The van der Waals surface area contributed by atoms with E-state index in [1.54, 1.807) is 47.6 Å². The zero-order valence-corrected chi connectivity index (χ0v) is 17.9. The quantitative estimate of drug-likeness (QED) is 0.700. The summed E-state index contributed by atoms with van der Waals surface area (Å²) in [4.78, 5) is 32.6. The molecule has 9 heteroatoms. The summed E-state index contributed by atoms with van der Waals surface area (Å²) in [6.07, 6.45) is 3.99. The molecular weight excluding hydrogens is 410 g/mol. The van der Waals surface area contributed by atoms with Crippen LogP contribution in [-0.4, -0.2) is 55.0 Å². The Bertz CT molecular complexity index is 1050. The molecule has 0 spiro atoms. The van der Waals surface area contributed by atoms with Crippen molar-refractivity contribution in [3.8, 4) is 5.88 Å². The van der Waals surface area contributed by atoms with Gasteiger partial charge in [0.05, 0.1) is 36.7 Å². The Morgan fingerprint density at radius 2 is 2.06 bits per heavy atom. The van der Waals surface area contributed by atoms with E-state index in [9.17, 15) is 9.59 Å². The molecule has 1 saturated heterocycles. The van der Waals surface area contributed by atoms with Gasteiger partial charge in [0, 0.05) is 43.7 Å². The number of carbonyl (C=O) groups is 2. The molecule has 2 amide bonds. The van der Waals surface area contributed by atoms with Crippen molar-refractivity contribution in [2.24, 2.45) is 0 Å². The number of carbonyl (C=O) groups excluding carboxylic acids is 2. The van der Waals surface area contributed by atoms with Gasteiger partial charge in [-0.25, -0.2) is 9.78 Å². The number of nitrogens with one attached hydrogen (secondary N) is 2. The van der Waals surface area contributed by atoms with E-state index in [0.717, 1.165) is 5.56 Å². The molecule has 2 aliphatic heterocycles. The fourth-order valence-electron chi connectivity index (χ4n) is 3.76. The first-order chi connectivity index (χ1) is 15.5. The number of fused-ring (bicyclic) bond motifs is 1. The van der Waals surface area contributed by atoms with Crippen molar-refractivity contribution in [2.45, 2.75) is 25.9 Å². The van der Waals surface area contributed by atoms with Gasteiger partial charge < -0.3 is 25.1 Å². The Morgan fingerprint density at radius 3 is 2.69 bits per heavy atom. The lowest BCUT2D eigenvalue weighted by Gasteiger charge is -2.40. The van der Waals surface area contributed by atoms with Gasteiger partial charge in [0.2, 0.25) is 11.8 Å². The van der Waals surface area contributed by atoms with Gasteiger partial charge in [-0.05, 0) is 30.7 Å². The van der Waals surface area contributed by atoms with Gasteiger partial charge in [-0.15, -0.1) is 0 Å². The lowest BCUT2D eigenvalue weighted by molar-refractivity contribution is -0.117. The van der Waals surface area contributed by atoms with E-state index in [1.165, 1.54) is 18.0 Å². The third-order valence-electron chi connectivity index (χ3n) is 5.40. The molecule has 0 radical (unpaired) electrons. The monoisotopic (exact) mass is 435 g/mol. The van der Waals surface area contributed by atoms with Crippen molar-refractivity contribution >= 4 is 35.2 Å². The molecule has 4 rings (SSSR count). The number of hydrogen-bond donors (Lipinski definition) is 2. The normalized spacial score (nSPS) is 18.4. The van der Waals surface area contributed by atoms with Gasteiger partial charge >= 0.3 is 6.09 Å². The molecule has 0 bridgehead atoms. The van der Waals surface area contributed by atoms with Gasteiger partial charge in [0.1, 0.15) is 0 Å². The second-order valence-corrected chi connectivity index (χ2v) is 7.73. The van der Waals surface area contributed by atoms with Crippen molar-refractivity contribution in [1.29, 1.82) is 5.41 Å². The summed E-state index contributed by atoms with van der Waals surface area (Å²) in [7, 11) is 0. The molecule has 1 atom stereocenters. The Balaban J connectivity index is 1.69. The zero-order valence-electron chi connectivity index (χ0n) is 17.9. The zero-order chi connectivity index (χ0) is 22.7. The highest BCUT2D eigenvalue weighted by molar-refractivity contribution is 6.10. The SMILES string of the molecule is CC(=O)N1c2ccc(/C(C=N)=C/NC3COC3)cc2N(C(=O)Oc2ccccn2)CC1C. The molecule has 1 unspecified atom stereocenters. The lowest BCUT2D eigenvalue weighted by Crippen LogP contribution is -2.52. The second-order valence-electron chi connectivity index (χ2n) is 7.73. The number of rotatable bonds is 5. The number of ether oxygens (including phenoxy) is 2. The Morgan fingerprint density at radius 1 is 1.25 bits per heavy atom. The summed E-state index contributed by atoms with van der Waals surface area (Å²) in [6.45, 7) is 4.91. The molecule has 0 aliphatic carbocycles. The molecule has 9 nitrogen and oxygen atoms in total. The van der Waals surface area contributed by atoms with Gasteiger partial charge in [-0.1, -0.05) is 12.1 Å². The van der Waals surface area contributed by atoms with Crippen LogP contribution in [0.3, 0.4) is 0 Å². The van der Waals surface area contributed by atoms with E-state index in [2.05, 4.69) is 10.3 Å². The van der Waals surface area contributed by atoms with Gasteiger partial charge in [0.25, 0.3) is 0 Å². The first kappa shape index (κ1) is 21.5. The number of nitrogens with zero attached hydrogens (tertiary/aromatic N) is 3. The molecule has 32 heavy (non-hydrogen) atoms. The standard InChI is InChI=1S/C23H25N5O4/c1-15-12-27(23(30)32-22-5-3-4-8-25-22)21-9-17(6-7-20(21)28(15)16(2)29)18(10-24)11-26-19-13-31-14-19/h3-11,15,19,24,26H,12-14H2,1-2H3/b18-11+,24-10?. The van der Waals surface area contributed by atoms with Gasteiger partial charge in [-0.2, -0.15) is 0 Å². The average Bonchev–Trinajstić information content (AvgIpc) is 2.75. The molecular formula is C23H25N5O4. The summed E-state index contributed by atoms with van der Waals surface area (Å²) < 4.78 is 10.6. The van der Waals surface area contributed by atoms with Crippen LogP contribution in [0.25, 0.3) is 5.57 Å². The predicted octanol–water partition coefficient (Wildman–Crippen LogP) is 2.82. The van der Waals surface area contributed by atoms with Crippen LogP contribution in [-0.2, 0) is 9.53 Å². The third-order valence-corrected chi connectivity index (χ3v) is 5.40. The molecule has 3 heterocycles. The van der Waals surface area contributed by atoms with Crippen LogP contribution in [0.1, 0.15) is 19.4 Å². The van der Waals surface area contributed by atoms with Crippen LogP contribution in [0, 0.1) is 5.41 Å². The molecule has 1 aromatic carbocycles. The maximum Gasteiger partial charge on any atom is 0.421 e. The topological polar surface area (TPSA) is 108 Å². The van der Waals surface area contributed by atoms with Crippen LogP contribution in [0.5, 0.6) is 5.88 Å². The molecule has 2 aliphatic rings. The average molecular weight is 435 g/mol. The van der Waals surface area contributed by atoms with E-state index in [1.807, 2.05) is 13.0 Å². The van der Waals surface area contributed by atoms with Crippen molar-refractivity contribution < 1.29 is 19.1 Å². The predicted molar refractivity (Wildman–Crippen MR) is 121 cm³/mol. The van der Waals surface area contributed by atoms with Crippen molar-refractivity contribution in [3.63, 3.8) is 0 Å². The number of aromatic nitrogens is 1. The number of allylic oxidation sites excluding steroid dienone is 1. The fourth-order valence-corrected chi connectivity index (χ4v) is 3.76. The number of amides is 2. The molecule has 2 aromatic rings. The summed E-state index contributed by atoms with van der Waals surface area (Å²) in [5.74, 6) is 0.0857. The minimum atomic E-state index is -0.581. The molecule has 1 fully saturated rings. The maximum absolute atomic E-state index is 13.0. The number of benzene rings is 1. The van der Waals surface area contributed by atoms with Crippen LogP contribution < -0.4 is 19.9 Å². The highest BCUT2D eigenvalue weighted by Crippen LogP contribution is 2.38. The Labute approximate surface area is 186 Å². The minimum Gasteiger partial charge on any atom is -0.391 e. The number of pyridine rings is 1. The maximum atomic E-state index is 13.0. The van der Waals surface area contributed by atoms with Gasteiger partial charge in [-0.3, -0.25) is 9.69 Å². The Hall–Kier alpha value is -3.72. The summed E-state index contributed by atoms with van der Waals surface area (Å²) >= 11 is 0. The highest BCUT2D eigenvalue weighted by atomic mass is 16.6. The molecule has 1 aromatic heterocycles. The van der Waals surface area contributed by atoms with E-state index in [4.69, 9.17) is 14.9 Å². The summed E-state index contributed by atoms with van der Waals surface area (Å²) in [6, 6.07) is 10.5. The van der Waals surface area contributed by atoms with Crippen molar-refractivity contribution in [1.82, 2.24) is 10.3 Å². The van der Waals surface area contributed by atoms with Crippen LogP contribution in [0.2, 0.25) is 0 Å². The smallest absolute Gasteiger partial charge is 0.391 e. The van der Waals surface area contributed by atoms with Crippen LogP contribution >= 0.6 is 0 Å². The van der Waals surface area contributed by atoms with E-state index in [0.29, 0.717) is 30.2 Å². The van der Waals surface area contributed by atoms with E-state index >= 15 is 0 Å². The summed E-state index contributed by atoms with van der Waals surface area (Å²) in [5, 5.41) is 11.1. The largest absolute Gasteiger partial charge is 0.421 e. The van der Waals surface area contributed by atoms with E-state index in [-0.39, 0.29) is 30.4 Å². The van der Waals surface area contributed by atoms with Crippen LogP contribution in [0.15, 0.2) is 48.8 Å². The minimum absolute atomic E-state index is 0.112. The molecule has 2 N–H and O–H groups in total. The first-order valence-corrected chi connectivity index (χ1v) is 10.4. The van der Waals surface area contributed by atoms with Crippen molar-refractivity contribution in [3.05, 3.63) is 54.4 Å². The summed E-state index contributed by atoms with van der Waals surface area (Å²) in [5.41, 5.74) is 2.53. The highest BCUT2D eigenvalue weighted by Gasteiger charge is 2.35. The van der Waals surface area contributed by atoms with Gasteiger partial charge in [0.15, 0.2) is 0 Å². The fraction of sp³-hybridized carbons (Fsp3) is 0.304. The molecule has 166 valence electrons. The van der Waals surface area contributed by atoms with Crippen molar-refractivity contribution in [2.75, 3.05) is 29.6 Å². The van der Waals surface area contributed by atoms with Crippen LogP contribution in [0.4, 0.5) is 16.2 Å². The number of hydrogen-bond acceptors (Lipinski definition) is 7. The lowest BCUT2D eigenvalue weighted by atomic mass is 10.0. The Kier molecular flexibility index (Phi) is 6.18. The van der Waals surface area contributed by atoms with E-state index < -0.39 is 6.09 Å². The number of anilines is 2.